The minimum Gasteiger partial charge on any atom is -0.306 e. The van der Waals surface area contributed by atoms with Crippen LogP contribution in [-0.4, -0.2) is 33.0 Å². The highest BCUT2D eigenvalue weighted by atomic mass is 32.2. The summed E-state index contributed by atoms with van der Waals surface area (Å²) in [5.41, 5.74) is 0. The van der Waals surface area contributed by atoms with E-state index in [1.165, 1.54) is 0 Å². The van der Waals surface area contributed by atoms with Crippen LogP contribution in [0.15, 0.2) is 0 Å². The molecule has 1 N–H and O–H groups in total. The van der Waals surface area contributed by atoms with Gasteiger partial charge in [-0.3, -0.25) is 0 Å². The molecular formula is C8H15NO2S. The molecule has 70 valence electrons. The SMILES string of the molecule is C#CCNCCCS(=O)(=O)CC. The number of terminal acetylenes is 1. The van der Waals surface area contributed by atoms with E-state index in [-0.39, 0.29) is 11.5 Å². The molecule has 0 spiro atoms. The van der Waals surface area contributed by atoms with E-state index in [4.69, 9.17) is 6.42 Å². The Balaban J connectivity index is 3.39. The molecule has 0 aliphatic rings. The summed E-state index contributed by atoms with van der Waals surface area (Å²) in [6.45, 7) is 2.83. The van der Waals surface area contributed by atoms with E-state index in [1.807, 2.05) is 0 Å². The first-order valence-electron chi connectivity index (χ1n) is 3.97. The van der Waals surface area contributed by atoms with E-state index in [9.17, 15) is 8.42 Å². The van der Waals surface area contributed by atoms with Gasteiger partial charge in [-0.05, 0) is 13.0 Å². The standard InChI is InChI=1S/C8H15NO2S/c1-3-6-9-7-5-8-12(10,11)4-2/h1,9H,4-8H2,2H3. The van der Waals surface area contributed by atoms with Crippen molar-refractivity contribution in [2.75, 3.05) is 24.6 Å². The van der Waals surface area contributed by atoms with Gasteiger partial charge in [0.25, 0.3) is 0 Å². The zero-order valence-corrected chi connectivity index (χ0v) is 8.15. The lowest BCUT2D eigenvalue weighted by Crippen LogP contribution is -2.19. The topological polar surface area (TPSA) is 46.2 Å². The van der Waals surface area contributed by atoms with Crippen LogP contribution in [-0.2, 0) is 9.84 Å². The fraction of sp³-hybridized carbons (Fsp3) is 0.750. The highest BCUT2D eigenvalue weighted by Crippen LogP contribution is 1.91. The van der Waals surface area contributed by atoms with Crippen molar-refractivity contribution in [2.24, 2.45) is 0 Å². The zero-order chi connectivity index (χ0) is 9.45. The molecule has 0 heterocycles. The maximum absolute atomic E-state index is 11.0. The van der Waals surface area contributed by atoms with Crippen molar-refractivity contribution < 1.29 is 8.42 Å². The Morgan fingerprint density at radius 1 is 1.50 bits per heavy atom. The summed E-state index contributed by atoms with van der Waals surface area (Å²) in [4.78, 5) is 0. The summed E-state index contributed by atoms with van der Waals surface area (Å²) in [6, 6.07) is 0. The van der Waals surface area contributed by atoms with E-state index in [0.717, 1.165) is 0 Å². The Labute approximate surface area is 74.5 Å². The van der Waals surface area contributed by atoms with Gasteiger partial charge >= 0.3 is 0 Å². The van der Waals surface area contributed by atoms with Crippen LogP contribution in [0, 0.1) is 12.3 Å². The molecule has 0 atom stereocenters. The molecule has 12 heavy (non-hydrogen) atoms. The van der Waals surface area contributed by atoms with Gasteiger partial charge in [-0.15, -0.1) is 6.42 Å². The van der Waals surface area contributed by atoms with Crippen LogP contribution in [0.5, 0.6) is 0 Å². The third-order valence-corrected chi connectivity index (χ3v) is 3.27. The van der Waals surface area contributed by atoms with Crippen molar-refractivity contribution in [3.8, 4) is 12.3 Å². The Bertz CT molecular complexity index is 238. The van der Waals surface area contributed by atoms with Crippen molar-refractivity contribution in [1.29, 1.82) is 0 Å². The van der Waals surface area contributed by atoms with E-state index in [2.05, 4.69) is 11.2 Å². The first-order valence-corrected chi connectivity index (χ1v) is 5.79. The summed E-state index contributed by atoms with van der Waals surface area (Å²) >= 11 is 0. The van der Waals surface area contributed by atoms with Gasteiger partial charge in [-0.1, -0.05) is 12.8 Å². The van der Waals surface area contributed by atoms with Crippen molar-refractivity contribution in [3.05, 3.63) is 0 Å². The fourth-order valence-electron chi connectivity index (χ4n) is 0.722. The van der Waals surface area contributed by atoms with Gasteiger partial charge in [-0.2, -0.15) is 0 Å². The molecule has 0 aromatic rings. The third-order valence-electron chi connectivity index (χ3n) is 1.48. The summed E-state index contributed by atoms with van der Waals surface area (Å²) in [7, 11) is -2.80. The number of sulfone groups is 1. The molecule has 0 unspecified atom stereocenters. The predicted octanol–water partition coefficient (Wildman–Crippen LogP) is 0.0340. The van der Waals surface area contributed by atoms with E-state index in [0.29, 0.717) is 19.5 Å². The molecule has 3 nitrogen and oxygen atoms in total. The van der Waals surface area contributed by atoms with Crippen LogP contribution >= 0.6 is 0 Å². The largest absolute Gasteiger partial charge is 0.306 e. The smallest absolute Gasteiger partial charge is 0.150 e. The molecule has 0 fully saturated rings. The van der Waals surface area contributed by atoms with Crippen LogP contribution in [0.4, 0.5) is 0 Å². The molecule has 0 amide bonds. The molecular weight excluding hydrogens is 174 g/mol. The maximum Gasteiger partial charge on any atom is 0.150 e. The number of nitrogens with one attached hydrogen (secondary N) is 1. The Kier molecular flexibility index (Phi) is 5.77. The minimum absolute atomic E-state index is 0.224. The lowest BCUT2D eigenvalue weighted by Gasteiger charge is -2.00. The lowest BCUT2D eigenvalue weighted by atomic mass is 10.5. The van der Waals surface area contributed by atoms with Crippen molar-refractivity contribution in [1.82, 2.24) is 5.32 Å². The highest BCUT2D eigenvalue weighted by Gasteiger charge is 2.05. The van der Waals surface area contributed by atoms with Crippen LogP contribution in [0.1, 0.15) is 13.3 Å². The Hall–Kier alpha value is -0.530. The second-order valence-corrected chi connectivity index (χ2v) is 4.94. The predicted molar refractivity (Wildman–Crippen MR) is 50.6 cm³/mol. The van der Waals surface area contributed by atoms with Gasteiger partial charge in [0.05, 0.1) is 12.3 Å². The lowest BCUT2D eigenvalue weighted by molar-refractivity contribution is 0.592. The van der Waals surface area contributed by atoms with Crippen molar-refractivity contribution >= 4 is 9.84 Å². The first-order chi connectivity index (χ1) is 5.62. The monoisotopic (exact) mass is 189 g/mol. The maximum atomic E-state index is 11.0. The van der Waals surface area contributed by atoms with Crippen molar-refractivity contribution in [2.45, 2.75) is 13.3 Å². The van der Waals surface area contributed by atoms with Gasteiger partial charge in [0.15, 0.2) is 0 Å². The van der Waals surface area contributed by atoms with E-state index >= 15 is 0 Å². The van der Waals surface area contributed by atoms with Crippen molar-refractivity contribution in [3.63, 3.8) is 0 Å². The summed E-state index contributed by atoms with van der Waals surface area (Å²) in [6.07, 6.45) is 5.63. The molecule has 0 aliphatic heterocycles. The molecule has 0 bridgehead atoms. The van der Waals surface area contributed by atoms with Gasteiger partial charge in [0.2, 0.25) is 0 Å². The highest BCUT2D eigenvalue weighted by molar-refractivity contribution is 7.91. The van der Waals surface area contributed by atoms with Crippen LogP contribution in [0.25, 0.3) is 0 Å². The van der Waals surface area contributed by atoms with Gasteiger partial charge < -0.3 is 5.32 Å². The Morgan fingerprint density at radius 2 is 2.17 bits per heavy atom. The summed E-state index contributed by atoms with van der Waals surface area (Å²) in [5.74, 6) is 2.89. The average molecular weight is 189 g/mol. The normalized spacial score (nSPS) is 11.0. The number of hydrogen-bond acceptors (Lipinski definition) is 3. The molecule has 0 saturated heterocycles. The van der Waals surface area contributed by atoms with Gasteiger partial charge in [0.1, 0.15) is 9.84 Å². The number of hydrogen-bond donors (Lipinski definition) is 1. The molecule has 0 aromatic carbocycles. The molecule has 0 aromatic heterocycles. The molecule has 0 radical (unpaired) electrons. The second-order valence-electron chi connectivity index (χ2n) is 2.47. The second kappa shape index (κ2) is 6.04. The fourth-order valence-corrected chi connectivity index (χ4v) is 1.59. The van der Waals surface area contributed by atoms with Crippen LogP contribution < -0.4 is 5.32 Å². The van der Waals surface area contributed by atoms with Gasteiger partial charge in [-0.25, -0.2) is 8.42 Å². The molecule has 0 aliphatic carbocycles. The zero-order valence-electron chi connectivity index (χ0n) is 7.34. The van der Waals surface area contributed by atoms with Gasteiger partial charge in [0, 0.05) is 5.75 Å². The minimum atomic E-state index is -2.80. The quantitative estimate of drug-likeness (QED) is 0.474. The Morgan fingerprint density at radius 3 is 2.67 bits per heavy atom. The van der Waals surface area contributed by atoms with Crippen LogP contribution in [0.2, 0.25) is 0 Å². The number of rotatable bonds is 6. The van der Waals surface area contributed by atoms with Crippen LogP contribution in [0.3, 0.4) is 0 Å². The summed E-state index contributed by atoms with van der Waals surface area (Å²) in [5, 5.41) is 2.93. The molecule has 0 rings (SSSR count). The molecule has 0 saturated carbocycles. The summed E-state index contributed by atoms with van der Waals surface area (Å²) < 4.78 is 21.9. The molecule has 4 heteroatoms. The first kappa shape index (κ1) is 11.5. The average Bonchev–Trinajstić information content (AvgIpc) is 2.04. The van der Waals surface area contributed by atoms with E-state index in [1.54, 1.807) is 6.92 Å². The van der Waals surface area contributed by atoms with E-state index < -0.39 is 9.84 Å². The third kappa shape index (κ3) is 6.20.